The Morgan fingerprint density at radius 1 is 1.40 bits per heavy atom. The maximum absolute atomic E-state index is 4.35. The molecule has 86 valence electrons. The van der Waals surface area contributed by atoms with Gasteiger partial charge in [0.05, 0.1) is 5.69 Å². The minimum absolute atomic E-state index is 0.605. The van der Waals surface area contributed by atoms with Crippen LogP contribution in [-0.4, -0.2) is 22.4 Å². The van der Waals surface area contributed by atoms with Crippen LogP contribution in [0.2, 0.25) is 0 Å². The predicted molar refractivity (Wildman–Crippen MR) is 63.8 cm³/mol. The number of nitrogens with one attached hydrogen (secondary N) is 1. The van der Waals surface area contributed by atoms with Crippen LogP contribution in [0, 0.1) is 5.92 Å². The van der Waals surface area contributed by atoms with Crippen LogP contribution in [0.3, 0.4) is 0 Å². The fourth-order valence-electron chi connectivity index (χ4n) is 1.83. The van der Waals surface area contributed by atoms with Gasteiger partial charge in [0.1, 0.15) is 0 Å². The lowest BCUT2D eigenvalue weighted by atomic mass is 10.1. The molecule has 1 aromatic rings. The van der Waals surface area contributed by atoms with Crippen LogP contribution in [0.15, 0.2) is 12.3 Å². The largest absolute Gasteiger partial charge is 0.314 e. The second-order valence-corrected chi connectivity index (χ2v) is 4.72. The standard InChI is InChI=1S/C12H23N3/c1-10(2)9-11(3)13-7-5-12-6-8-15(4)14-12/h6,8,10-11,13H,5,7,9H2,1-4H3. The third-order valence-corrected chi connectivity index (χ3v) is 2.47. The summed E-state index contributed by atoms with van der Waals surface area (Å²) in [5.41, 5.74) is 1.17. The lowest BCUT2D eigenvalue weighted by molar-refractivity contribution is 0.444. The SMILES string of the molecule is CC(C)CC(C)NCCc1ccn(C)n1. The van der Waals surface area contributed by atoms with Crippen LogP contribution in [0.1, 0.15) is 32.9 Å². The van der Waals surface area contributed by atoms with E-state index < -0.39 is 0 Å². The van der Waals surface area contributed by atoms with Crippen LogP contribution in [0.4, 0.5) is 0 Å². The summed E-state index contributed by atoms with van der Waals surface area (Å²) in [6.45, 7) is 7.79. The highest BCUT2D eigenvalue weighted by molar-refractivity contribution is 4.98. The van der Waals surface area contributed by atoms with Gasteiger partial charge in [0.15, 0.2) is 0 Å². The van der Waals surface area contributed by atoms with Crippen molar-refractivity contribution < 1.29 is 0 Å². The topological polar surface area (TPSA) is 29.9 Å². The summed E-state index contributed by atoms with van der Waals surface area (Å²) < 4.78 is 1.85. The van der Waals surface area contributed by atoms with Crippen molar-refractivity contribution >= 4 is 0 Å². The summed E-state index contributed by atoms with van der Waals surface area (Å²) in [6.07, 6.45) is 4.25. The Kier molecular flexibility index (Phi) is 4.82. The molecule has 1 N–H and O–H groups in total. The van der Waals surface area contributed by atoms with Gasteiger partial charge in [0.2, 0.25) is 0 Å². The fourth-order valence-corrected chi connectivity index (χ4v) is 1.83. The van der Waals surface area contributed by atoms with Crippen LogP contribution >= 0.6 is 0 Å². The summed E-state index contributed by atoms with van der Waals surface area (Å²) in [5, 5.41) is 7.87. The minimum atomic E-state index is 0.605. The Morgan fingerprint density at radius 2 is 2.13 bits per heavy atom. The molecule has 0 aliphatic carbocycles. The van der Waals surface area contributed by atoms with E-state index in [4.69, 9.17) is 0 Å². The first kappa shape index (κ1) is 12.2. The number of aromatic nitrogens is 2. The highest BCUT2D eigenvalue weighted by Crippen LogP contribution is 2.03. The molecule has 3 nitrogen and oxygen atoms in total. The lowest BCUT2D eigenvalue weighted by Crippen LogP contribution is -2.29. The normalized spacial score (nSPS) is 13.4. The molecule has 1 rings (SSSR count). The maximum atomic E-state index is 4.35. The van der Waals surface area contributed by atoms with E-state index in [1.54, 1.807) is 0 Å². The van der Waals surface area contributed by atoms with Crippen LogP contribution in [-0.2, 0) is 13.5 Å². The Bertz CT molecular complexity index is 278. The third-order valence-electron chi connectivity index (χ3n) is 2.47. The lowest BCUT2D eigenvalue weighted by Gasteiger charge is -2.15. The first-order valence-corrected chi connectivity index (χ1v) is 5.80. The summed E-state index contributed by atoms with van der Waals surface area (Å²) >= 11 is 0. The van der Waals surface area contributed by atoms with Crippen molar-refractivity contribution in [1.82, 2.24) is 15.1 Å². The van der Waals surface area contributed by atoms with E-state index in [2.05, 4.69) is 37.3 Å². The molecule has 1 aromatic heterocycles. The van der Waals surface area contributed by atoms with Gasteiger partial charge in [0.25, 0.3) is 0 Å². The van der Waals surface area contributed by atoms with E-state index in [1.165, 1.54) is 12.1 Å². The first-order valence-electron chi connectivity index (χ1n) is 5.80. The van der Waals surface area contributed by atoms with E-state index in [-0.39, 0.29) is 0 Å². The Hall–Kier alpha value is -0.830. The Morgan fingerprint density at radius 3 is 2.67 bits per heavy atom. The van der Waals surface area contributed by atoms with Crippen molar-refractivity contribution in [1.29, 1.82) is 0 Å². The highest BCUT2D eigenvalue weighted by Gasteiger charge is 2.04. The zero-order valence-corrected chi connectivity index (χ0v) is 10.3. The molecule has 0 bridgehead atoms. The van der Waals surface area contributed by atoms with E-state index in [1.807, 2.05) is 17.9 Å². The zero-order valence-electron chi connectivity index (χ0n) is 10.3. The molecule has 0 aliphatic heterocycles. The molecule has 3 heteroatoms. The molecule has 1 heterocycles. The van der Waals surface area contributed by atoms with Gasteiger partial charge in [-0.2, -0.15) is 5.10 Å². The van der Waals surface area contributed by atoms with Gasteiger partial charge in [-0.1, -0.05) is 13.8 Å². The molecule has 0 aromatic carbocycles. The van der Waals surface area contributed by atoms with Gasteiger partial charge in [-0.05, 0) is 25.3 Å². The molecule has 0 fully saturated rings. The molecule has 1 atom stereocenters. The minimum Gasteiger partial charge on any atom is -0.314 e. The number of nitrogens with zero attached hydrogens (tertiary/aromatic N) is 2. The van der Waals surface area contributed by atoms with Gasteiger partial charge in [-0.3, -0.25) is 4.68 Å². The van der Waals surface area contributed by atoms with E-state index in [9.17, 15) is 0 Å². The molecular formula is C12H23N3. The van der Waals surface area contributed by atoms with E-state index >= 15 is 0 Å². The van der Waals surface area contributed by atoms with Gasteiger partial charge in [-0.25, -0.2) is 0 Å². The van der Waals surface area contributed by atoms with E-state index in [0.717, 1.165) is 18.9 Å². The number of aryl methyl sites for hydroxylation is 1. The molecular weight excluding hydrogens is 186 g/mol. The van der Waals surface area contributed by atoms with Gasteiger partial charge < -0.3 is 5.32 Å². The van der Waals surface area contributed by atoms with Crippen molar-refractivity contribution in [2.24, 2.45) is 13.0 Å². The molecule has 0 amide bonds. The molecule has 15 heavy (non-hydrogen) atoms. The second-order valence-electron chi connectivity index (χ2n) is 4.72. The first-order chi connectivity index (χ1) is 7.08. The fraction of sp³-hybridized carbons (Fsp3) is 0.750. The van der Waals surface area contributed by atoms with Crippen LogP contribution in [0.5, 0.6) is 0 Å². The highest BCUT2D eigenvalue weighted by atomic mass is 15.2. The average molecular weight is 209 g/mol. The quantitative estimate of drug-likeness (QED) is 0.776. The molecule has 0 radical (unpaired) electrons. The van der Waals surface area contributed by atoms with Gasteiger partial charge in [-0.15, -0.1) is 0 Å². The second kappa shape index (κ2) is 5.91. The smallest absolute Gasteiger partial charge is 0.0637 e. The molecule has 0 aliphatic rings. The number of hydrogen-bond donors (Lipinski definition) is 1. The van der Waals surface area contributed by atoms with Crippen molar-refractivity contribution in [3.05, 3.63) is 18.0 Å². The Balaban J connectivity index is 2.16. The molecule has 0 saturated carbocycles. The number of hydrogen-bond acceptors (Lipinski definition) is 2. The summed E-state index contributed by atoms with van der Waals surface area (Å²) in [6, 6.07) is 2.68. The van der Waals surface area contributed by atoms with Crippen molar-refractivity contribution in [2.75, 3.05) is 6.54 Å². The summed E-state index contributed by atoms with van der Waals surface area (Å²) in [5.74, 6) is 0.766. The molecule has 0 saturated heterocycles. The van der Waals surface area contributed by atoms with Crippen molar-refractivity contribution in [3.63, 3.8) is 0 Å². The van der Waals surface area contributed by atoms with Crippen molar-refractivity contribution in [2.45, 2.75) is 39.7 Å². The number of rotatable bonds is 6. The summed E-state index contributed by atoms with van der Waals surface area (Å²) in [4.78, 5) is 0. The van der Waals surface area contributed by atoms with E-state index in [0.29, 0.717) is 6.04 Å². The Labute approximate surface area is 92.9 Å². The third kappa shape index (κ3) is 4.98. The monoisotopic (exact) mass is 209 g/mol. The average Bonchev–Trinajstić information content (AvgIpc) is 2.50. The maximum Gasteiger partial charge on any atom is 0.0637 e. The molecule has 1 unspecified atom stereocenters. The molecule has 0 spiro atoms. The predicted octanol–water partition coefficient (Wildman–Crippen LogP) is 1.99. The van der Waals surface area contributed by atoms with Crippen molar-refractivity contribution in [3.8, 4) is 0 Å². The summed E-state index contributed by atoms with van der Waals surface area (Å²) in [7, 11) is 1.96. The van der Waals surface area contributed by atoms with Crippen LogP contribution < -0.4 is 5.32 Å². The van der Waals surface area contributed by atoms with Gasteiger partial charge in [0, 0.05) is 32.3 Å². The zero-order chi connectivity index (χ0) is 11.3. The van der Waals surface area contributed by atoms with Crippen LogP contribution in [0.25, 0.3) is 0 Å². The van der Waals surface area contributed by atoms with Gasteiger partial charge >= 0.3 is 0 Å².